The normalized spacial score (nSPS) is 20.1. The van der Waals surface area contributed by atoms with Gasteiger partial charge in [0.1, 0.15) is 0 Å². The van der Waals surface area contributed by atoms with Gasteiger partial charge >= 0.3 is 0 Å². The Morgan fingerprint density at radius 3 is 2.90 bits per heavy atom. The summed E-state index contributed by atoms with van der Waals surface area (Å²) < 4.78 is 0. The highest BCUT2D eigenvalue weighted by molar-refractivity contribution is 5.77. The first kappa shape index (κ1) is 15.0. The lowest BCUT2D eigenvalue weighted by molar-refractivity contribution is -0.132. The molecule has 1 aliphatic heterocycles. The predicted octanol–water partition coefficient (Wildman–Crippen LogP) is 2.70. The Kier molecular flexibility index (Phi) is 5.18. The fourth-order valence-electron chi connectivity index (χ4n) is 3.24. The number of amides is 1. The summed E-state index contributed by atoms with van der Waals surface area (Å²) >= 11 is 0. The summed E-state index contributed by atoms with van der Waals surface area (Å²) in [6, 6.07) is 8.76. The zero-order chi connectivity index (χ0) is 14.5. The Balaban J connectivity index is 1.99. The van der Waals surface area contributed by atoms with E-state index in [0.717, 1.165) is 25.9 Å². The highest BCUT2D eigenvalue weighted by Gasteiger charge is 2.28. The number of hydrogen-bond donors (Lipinski definition) is 1. The molecule has 1 heterocycles. The van der Waals surface area contributed by atoms with Crippen LogP contribution in [0.25, 0.3) is 0 Å². The van der Waals surface area contributed by atoms with Gasteiger partial charge in [0.2, 0.25) is 5.91 Å². The van der Waals surface area contributed by atoms with E-state index in [1.54, 1.807) is 0 Å². The summed E-state index contributed by atoms with van der Waals surface area (Å²) in [5.41, 5.74) is 2.58. The molecule has 0 radical (unpaired) electrons. The minimum absolute atomic E-state index is 0.291. The van der Waals surface area contributed by atoms with Gasteiger partial charge in [0, 0.05) is 25.6 Å². The molecular formula is C17H26N2O. The Morgan fingerprint density at radius 2 is 2.20 bits per heavy atom. The molecule has 110 valence electrons. The molecule has 0 bridgehead atoms. The average molecular weight is 274 g/mol. The van der Waals surface area contributed by atoms with Crippen LogP contribution in [0.4, 0.5) is 0 Å². The summed E-state index contributed by atoms with van der Waals surface area (Å²) in [7, 11) is 1.96. The van der Waals surface area contributed by atoms with Crippen LogP contribution >= 0.6 is 0 Å². The van der Waals surface area contributed by atoms with Crippen LogP contribution < -0.4 is 5.32 Å². The third kappa shape index (κ3) is 3.40. The second kappa shape index (κ2) is 6.89. The molecule has 0 saturated carbocycles. The Labute approximate surface area is 122 Å². The van der Waals surface area contributed by atoms with Gasteiger partial charge in [-0.25, -0.2) is 0 Å². The van der Waals surface area contributed by atoms with Gasteiger partial charge in [0.15, 0.2) is 0 Å². The molecule has 1 amide bonds. The van der Waals surface area contributed by atoms with Crippen molar-refractivity contribution in [3.63, 3.8) is 0 Å². The number of carbonyl (C=O) groups excluding carboxylic acids is 1. The number of hydrogen-bond acceptors (Lipinski definition) is 2. The third-order valence-electron chi connectivity index (χ3n) is 4.34. The van der Waals surface area contributed by atoms with Crippen molar-refractivity contribution < 1.29 is 4.79 Å². The fourth-order valence-corrected chi connectivity index (χ4v) is 3.24. The number of carbonyl (C=O) groups is 1. The van der Waals surface area contributed by atoms with Gasteiger partial charge in [-0.1, -0.05) is 31.2 Å². The van der Waals surface area contributed by atoms with Crippen molar-refractivity contribution in [2.75, 3.05) is 20.1 Å². The summed E-state index contributed by atoms with van der Waals surface area (Å²) in [5, 5.41) is 3.19. The van der Waals surface area contributed by atoms with Gasteiger partial charge in [-0.05, 0) is 43.9 Å². The Bertz CT molecular complexity index is 458. The molecule has 1 aliphatic rings. The molecule has 1 N–H and O–H groups in total. The first-order chi connectivity index (χ1) is 9.63. The maximum absolute atomic E-state index is 12.5. The van der Waals surface area contributed by atoms with Gasteiger partial charge < -0.3 is 10.2 Å². The second-order valence-electron chi connectivity index (χ2n) is 5.90. The molecule has 0 aliphatic carbocycles. The van der Waals surface area contributed by atoms with Crippen LogP contribution in [0, 0.1) is 6.92 Å². The monoisotopic (exact) mass is 274 g/mol. The summed E-state index contributed by atoms with van der Waals surface area (Å²) in [6.45, 7) is 6.11. The van der Waals surface area contributed by atoms with Crippen molar-refractivity contribution in [1.29, 1.82) is 0 Å². The van der Waals surface area contributed by atoms with E-state index in [9.17, 15) is 4.79 Å². The SMILES string of the molecule is CNC[C@@H]1CCCN1C(=O)C[C@H](C)c1ccccc1C. The number of rotatable bonds is 5. The van der Waals surface area contributed by atoms with E-state index in [0.29, 0.717) is 24.3 Å². The smallest absolute Gasteiger partial charge is 0.223 e. The topological polar surface area (TPSA) is 32.3 Å². The summed E-state index contributed by atoms with van der Waals surface area (Å²) in [4.78, 5) is 14.6. The van der Waals surface area contributed by atoms with E-state index in [4.69, 9.17) is 0 Å². The van der Waals surface area contributed by atoms with E-state index < -0.39 is 0 Å². The largest absolute Gasteiger partial charge is 0.338 e. The van der Waals surface area contributed by atoms with E-state index in [2.05, 4.69) is 48.3 Å². The molecule has 0 aromatic heterocycles. The highest BCUT2D eigenvalue weighted by atomic mass is 16.2. The van der Waals surface area contributed by atoms with Gasteiger partial charge in [-0.15, -0.1) is 0 Å². The molecule has 1 aromatic rings. The Morgan fingerprint density at radius 1 is 1.45 bits per heavy atom. The van der Waals surface area contributed by atoms with E-state index in [1.807, 2.05) is 7.05 Å². The zero-order valence-corrected chi connectivity index (χ0v) is 12.9. The number of likely N-dealkylation sites (tertiary alicyclic amines) is 1. The average Bonchev–Trinajstić information content (AvgIpc) is 2.88. The maximum Gasteiger partial charge on any atom is 0.223 e. The van der Waals surface area contributed by atoms with E-state index in [1.165, 1.54) is 11.1 Å². The number of nitrogens with zero attached hydrogens (tertiary/aromatic N) is 1. The molecule has 3 nitrogen and oxygen atoms in total. The molecule has 1 aromatic carbocycles. The number of benzene rings is 1. The van der Waals surface area contributed by atoms with Crippen LogP contribution in [0.3, 0.4) is 0 Å². The van der Waals surface area contributed by atoms with Crippen LogP contribution in [0.15, 0.2) is 24.3 Å². The lowest BCUT2D eigenvalue weighted by Gasteiger charge is -2.26. The lowest BCUT2D eigenvalue weighted by atomic mass is 9.93. The van der Waals surface area contributed by atoms with Crippen LogP contribution in [0.1, 0.15) is 43.2 Å². The van der Waals surface area contributed by atoms with Crippen molar-refractivity contribution in [1.82, 2.24) is 10.2 Å². The summed E-state index contributed by atoms with van der Waals surface area (Å²) in [5.74, 6) is 0.595. The first-order valence-electron chi connectivity index (χ1n) is 7.63. The highest BCUT2D eigenvalue weighted by Crippen LogP contribution is 2.25. The predicted molar refractivity (Wildman–Crippen MR) is 82.9 cm³/mol. The third-order valence-corrected chi connectivity index (χ3v) is 4.34. The van der Waals surface area contributed by atoms with E-state index >= 15 is 0 Å². The molecule has 0 spiro atoms. The van der Waals surface area contributed by atoms with Gasteiger partial charge in [-0.2, -0.15) is 0 Å². The first-order valence-corrected chi connectivity index (χ1v) is 7.63. The van der Waals surface area contributed by atoms with Crippen LogP contribution in [-0.2, 0) is 4.79 Å². The molecule has 1 fully saturated rings. The quantitative estimate of drug-likeness (QED) is 0.895. The molecule has 2 atom stereocenters. The van der Waals surface area contributed by atoms with Crippen LogP contribution in [-0.4, -0.2) is 37.0 Å². The standard InChI is InChI=1S/C17H26N2O/c1-13-7-4-5-9-16(13)14(2)11-17(20)19-10-6-8-15(19)12-18-3/h4-5,7,9,14-15,18H,6,8,10-12H2,1-3H3/t14-,15-/m0/s1. The van der Waals surface area contributed by atoms with Crippen LogP contribution in [0.5, 0.6) is 0 Å². The van der Waals surface area contributed by atoms with E-state index in [-0.39, 0.29) is 0 Å². The molecule has 0 unspecified atom stereocenters. The Hall–Kier alpha value is -1.35. The lowest BCUT2D eigenvalue weighted by Crippen LogP contribution is -2.41. The molecule has 1 saturated heterocycles. The molecular weight excluding hydrogens is 248 g/mol. The number of aryl methyl sites for hydroxylation is 1. The molecule has 2 rings (SSSR count). The molecule has 3 heteroatoms. The van der Waals surface area contributed by atoms with Crippen molar-refractivity contribution in [3.05, 3.63) is 35.4 Å². The number of likely N-dealkylation sites (N-methyl/N-ethyl adjacent to an activating group) is 1. The van der Waals surface area contributed by atoms with Gasteiger partial charge in [0.05, 0.1) is 0 Å². The van der Waals surface area contributed by atoms with Crippen LogP contribution in [0.2, 0.25) is 0 Å². The minimum Gasteiger partial charge on any atom is -0.338 e. The van der Waals surface area contributed by atoms with Gasteiger partial charge in [-0.3, -0.25) is 4.79 Å². The summed E-state index contributed by atoms with van der Waals surface area (Å²) in [6.07, 6.45) is 2.88. The van der Waals surface area contributed by atoms with Gasteiger partial charge in [0.25, 0.3) is 0 Å². The maximum atomic E-state index is 12.5. The van der Waals surface area contributed by atoms with Crippen molar-refractivity contribution >= 4 is 5.91 Å². The number of nitrogens with one attached hydrogen (secondary N) is 1. The minimum atomic E-state index is 0.291. The van der Waals surface area contributed by atoms with Crippen molar-refractivity contribution in [2.45, 2.75) is 45.1 Å². The van der Waals surface area contributed by atoms with Crippen molar-refractivity contribution in [2.24, 2.45) is 0 Å². The van der Waals surface area contributed by atoms with Crippen molar-refractivity contribution in [3.8, 4) is 0 Å². The zero-order valence-electron chi connectivity index (χ0n) is 12.9. The molecule has 20 heavy (non-hydrogen) atoms. The fraction of sp³-hybridized carbons (Fsp3) is 0.588. The second-order valence-corrected chi connectivity index (χ2v) is 5.90.